The lowest BCUT2D eigenvalue weighted by Gasteiger charge is -2.20. The highest BCUT2D eigenvalue weighted by atomic mass is 35.5. The van der Waals surface area contributed by atoms with Crippen molar-refractivity contribution >= 4 is 29.1 Å². The highest BCUT2D eigenvalue weighted by Gasteiger charge is 2.19. The quantitative estimate of drug-likeness (QED) is 0.566. The molecule has 1 amide bonds. The molecule has 0 bridgehead atoms. The summed E-state index contributed by atoms with van der Waals surface area (Å²) in [5.74, 6) is 0.147. The maximum absolute atomic E-state index is 11.5. The van der Waals surface area contributed by atoms with Crippen LogP contribution in [0.4, 0.5) is 0 Å². The number of hydrogen-bond acceptors (Lipinski definition) is 5. The number of nitrogens with one attached hydrogen (secondary N) is 2. The van der Waals surface area contributed by atoms with E-state index in [4.69, 9.17) is 27.9 Å². The number of ether oxygens (including phenoxy) is 1. The Hall–Kier alpha value is -1.67. The van der Waals surface area contributed by atoms with Gasteiger partial charge in [0.05, 0.1) is 0 Å². The average Bonchev–Trinajstić information content (AvgIpc) is 3.36. The van der Waals surface area contributed by atoms with Crippen molar-refractivity contribution in [3.05, 3.63) is 69.7 Å². The smallest absolute Gasteiger partial charge is 0.221 e. The van der Waals surface area contributed by atoms with E-state index in [-0.39, 0.29) is 11.9 Å². The summed E-state index contributed by atoms with van der Waals surface area (Å²) in [7, 11) is 4.25. The third-order valence-corrected chi connectivity index (χ3v) is 7.42. The van der Waals surface area contributed by atoms with Crippen molar-refractivity contribution in [3.63, 3.8) is 0 Å². The Labute approximate surface area is 239 Å². The van der Waals surface area contributed by atoms with E-state index >= 15 is 0 Å². The van der Waals surface area contributed by atoms with Crippen LogP contribution >= 0.6 is 23.2 Å². The maximum Gasteiger partial charge on any atom is 0.221 e. The summed E-state index contributed by atoms with van der Waals surface area (Å²) in [6, 6.07) is 16.7. The number of halogens is 2. The van der Waals surface area contributed by atoms with E-state index in [1.807, 2.05) is 36.4 Å². The number of hydrogen-bond donors (Lipinski definition) is 2. The van der Waals surface area contributed by atoms with E-state index in [0.29, 0.717) is 12.5 Å². The Morgan fingerprint density at radius 1 is 0.789 bits per heavy atom. The van der Waals surface area contributed by atoms with Gasteiger partial charge in [-0.3, -0.25) is 4.79 Å². The standard InChI is InChI=1S/C13H17ClN2O.C13H19ClN2.C4H8O/c1-16-7-6-13(17)15-12(9-16)8-10-2-4-11(14)5-3-10;1-16-8-2-7-15-13(10-16)9-11-3-5-12(14)6-4-11;1-2-4-5-3-1/h2-5,12H,6-9H2,1H3,(H,15,17);3-6,13,15H,2,7-10H2,1H3;1-4H2. The van der Waals surface area contributed by atoms with E-state index in [2.05, 4.69) is 46.7 Å². The van der Waals surface area contributed by atoms with Crippen molar-refractivity contribution < 1.29 is 9.53 Å². The normalized spacial score (nSPS) is 22.7. The lowest BCUT2D eigenvalue weighted by molar-refractivity contribution is -0.121. The zero-order valence-corrected chi connectivity index (χ0v) is 24.4. The molecule has 3 saturated heterocycles. The van der Waals surface area contributed by atoms with Crippen LogP contribution in [0.15, 0.2) is 48.5 Å². The van der Waals surface area contributed by atoms with Crippen LogP contribution in [0.2, 0.25) is 10.0 Å². The summed E-state index contributed by atoms with van der Waals surface area (Å²) < 4.78 is 4.94. The first-order valence-electron chi connectivity index (χ1n) is 13.8. The molecule has 2 unspecified atom stereocenters. The number of carbonyl (C=O) groups excluding carboxylic acids is 1. The monoisotopic (exact) mass is 562 g/mol. The van der Waals surface area contributed by atoms with Crippen molar-refractivity contribution in [2.45, 2.75) is 50.6 Å². The molecule has 210 valence electrons. The lowest BCUT2D eigenvalue weighted by atomic mass is 10.1. The summed E-state index contributed by atoms with van der Waals surface area (Å²) in [6.07, 6.45) is 6.33. The van der Waals surface area contributed by atoms with Gasteiger partial charge in [-0.15, -0.1) is 0 Å². The third kappa shape index (κ3) is 12.5. The zero-order valence-electron chi connectivity index (χ0n) is 22.9. The van der Waals surface area contributed by atoms with Crippen LogP contribution in [0, 0.1) is 0 Å². The average molecular weight is 564 g/mol. The van der Waals surface area contributed by atoms with Crippen LogP contribution in [0.5, 0.6) is 0 Å². The maximum atomic E-state index is 11.5. The molecule has 2 atom stereocenters. The van der Waals surface area contributed by atoms with E-state index < -0.39 is 0 Å². The van der Waals surface area contributed by atoms with Crippen LogP contribution in [0.25, 0.3) is 0 Å². The lowest BCUT2D eigenvalue weighted by Crippen LogP contribution is -2.39. The van der Waals surface area contributed by atoms with E-state index in [1.54, 1.807) is 0 Å². The van der Waals surface area contributed by atoms with Crippen LogP contribution in [-0.4, -0.2) is 87.8 Å². The fourth-order valence-electron chi connectivity index (χ4n) is 4.87. The molecule has 5 rings (SSSR count). The second kappa shape index (κ2) is 17.1. The van der Waals surface area contributed by atoms with E-state index in [0.717, 1.165) is 62.3 Å². The van der Waals surface area contributed by atoms with Crippen LogP contribution in [0.3, 0.4) is 0 Å². The number of likely N-dealkylation sites (N-methyl/N-ethyl adjacent to an activating group) is 2. The summed E-state index contributed by atoms with van der Waals surface area (Å²) in [5, 5.41) is 8.22. The Bertz CT molecular complexity index is 931. The molecule has 3 aliphatic heterocycles. The number of nitrogens with zero attached hydrogens (tertiary/aromatic N) is 2. The summed E-state index contributed by atoms with van der Waals surface area (Å²) in [4.78, 5) is 16.1. The largest absolute Gasteiger partial charge is 0.381 e. The predicted molar refractivity (Wildman–Crippen MR) is 158 cm³/mol. The first-order chi connectivity index (χ1) is 18.4. The van der Waals surface area contributed by atoms with E-state index in [1.165, 1.54) is 36.9 Å². The molecular formula is C30H44Cl2N4O2. The van der Waals surface area contributed by atoms with Crippen molar-refractivity contribution in [2.24, 2.45) is 0 Å². The van der Waals surface area contributed by atoms with Gasteiger partial charge in [-0.1, -0.05) is 47.5 Å². The van der Waals surface area contributed by atoms with E-state index in [9.17, 15) is 4.79 Å². The molecule has 2 N–H and O–H groups in total. The van der Waals surface area contributed by atoms with Crippen molar-refractivity contribution in [3.8, 4) is 0 Å². The molecule has 0 saturated carbocycles. The number of carbonyl (C=O) groups is 1. The molecule has 3 heterocycles. The molecule has 0 radical (unpaired) electrons. The van der Waals surface area contributed by atoms with Crippen LogP contribution < -0.4 is 10.6 Å². The first-order valence-corrected chi connectivity index (χ1v) is 14.6. The predicted octanol–water partition coefficient (Wildman–Crippen LogP) is 4.68. The minimum absolute atomic E-state index is 0.147. The van der Waals surface area contributed by atoms with Gasteiger partial charge in [-0.2, -0.15) is 0 Å². The third-order valence-electron chi connectivity index (χ3n) is 6.92. The molecule has 0 aliphatic carbocycles. The van der Waals surface area contributed by atoms with Gasteiger partial charge in [0, 0.05) is 61.4 Å². The van der Waals surface area contributed by atoms with Gasteiger partial charge in [0.1, 0.15) is 0 Å². The van der Waals surface area contributed by atoms with Crippen LogP contribution in [0.1, 0.15) is 36.8 Å². The summed E-state index contributed by atoms with van der Waals surface area (Å²) in [5.41, 5.74) is 2.56. The fourth-order valence-corrected chi connectivity index (χ4v) is 5.12. The highest BCUT2D eigenvalue weighted by molar-refractivity contribution is 6.30. The second-order valence-corrected chi connectivity index (χ2v) is 11.4. The molecule has 38 heavy (non-hydrogen) atoms. The molecule has 2 aromatic carbocycles. The second-order valence-electron chi connectivity index (χ2n) is 10.5. The molecule has 6 nitrogen and oxygen atoms in total. The van der Waals surface area contributed by atoms with Gasteiger partial charge < -0.3 is 25.2 Å². The first kappa shape index (κ1) is 30.9. The molecular weight excluding hydrogens is 519 g/mol. The van der Waals surface area contributed by atoms with Gasteiger partial charge in [-0.25, -0.2) is 0 Å². The summed E-state index contributed by atoms with van der Waals surface area (Å²) in [6.45, 7) is 7.19. The molecule has 8 heteroatoms. The summed E-state index contributed by atoms with van der Waals surface area (Å²) >= 11 is 11.7. The molecule has 3 fully saturated rings. The minimum atomic E-state index is 0.147. The molecule has 0 spiro atoms. The molecule has 2 aromatic rings. The van der Waals surface area contributed by atoms with Gasteiger partial charge in [0.15, 0.2) is 0 Å². The van der Waals surface area contributed by atoms with Gasteiger partial charge in [0.25, 0.3) is 0 Å². The topological polar surface area (TPSA) is 56.8 Å². The minimum Gasteiger partial charge on any atom is -0.381 e. The van der Waals surface area contributed by atoms with Crippen LogP contribution in [-0.2, 0) is 22.4 Å². The zero-order chi connectivity index (χ0) is 27.2. The van der Waals surface area contributed by atoms with Crippen molar-refractivity contribution in [2.75, 3.05) is 60.0 Å². The molecule has 3 aliphatic rings. The SMILES string of the molecule is C1CCOC1.CN1CCC(=O)NC(Cc2ccc(Cl)cc2)C1.CN1CCCNC(Cc2ccc(Cl)cc2)C1. The van der Waals surface area contributed by atoms with Gasteiger partial charge in [0.2, 0.25) is 5.91 Å². The molecule has 0 aromatic heterocycles. The highest BCUT2D eigenvalue weighted by Crippen LogP contribution is 2.13. The van der Waals surface area contributed by atoms with Gasteiger partial charge in [-0.05, 0) is 94.7 Å². The Kier molecular flexibility index (Phi) is 13.9. The Balaban J connectivity index is 0.000000178. The van der Waals surface area contributed by atoms with Gasteiger partial charge >= 0.3 is 0 Å². The van der Waals surface area contributed by atoms with Crippen molar-refractivity contribution in [1.29, 1.82) is 0 Å². The Morgan fingerprint density at radius 3 is 1.87 bits per heavy atom. The number of rotatable bonds is 4. The van der Waals surface area contributed by atoms with Crippen molar-refractivity contribution in [1.82, 2.24) is 20.4 Å². The fraction of sp³-hybridized carbons (Fsp3) is 0.567. The number of amides is 1. The number of benzene rings is 2. The Morgan fingerprint density at radius 2 is 1.32 bits per heavy atom.